The fourth-order valence-electron chi connectivity index (χ4n) is 0. The first-order valence-electron chi connectivity index (χ1n) is 1.19. The van der Waals surface area contributed by atoms with Gasteiger partial charge >= 0.3 is 17.1 Å². The second-order valence-electron chi connectivity index (χ2n) is 0.475. The van der Waals surface area contributed by atoms with Crippen LogP contribution in [0.2, 0.25) is 0 Å². The second-order valence-corrected chi connectivity index (χ2v) is 0.475. The Morgan fingerprint density at radius 2 is 1.00 bits per heavy atom. The van der Waals surface area contributed by atoms with Gasteiger partial charge in [0.2, 0.25) is 12.4 Å². The molecule has 0 unspecified atom stereocenters. The summed E-state index contributed by atoms with van der Waals surface area (Å²) in [6.07, 6.45) is -5.17. The number of carboxylic acid groups (broad SMARTS) is 2. The van der Waals surface area contributed by atoms with Gasteiger partial charge in [0, 0.05) is 0 Å². The number of hydrogen-bond donors (Lipinski definition) is 0. The van der Waals surface area contributed by atoms with Gasteiger partial charge in [-0.05, 0) is 0 Å². The molecule has 7 heteroatoms. The zero-order valence-corrected chi connectivity index (χ0v) is 4.63. The van der Waals surface area contributed by atoms with Gasteiger partial charge in [-0.15, -0.1) is 0 Å². The Balaban J connectivity index is -0.0000000720. The summed E-state index contributed by atoms with van der Waals surface area (Å²) in [6, 6.07) is 0. The van der Waals surface area contributed by atoms with Gasteiger partial charge in [-0.25, -0.2) is 0 Å². The molecule has 0 aliphatic carbocycles. The van der Waals surface area contributed by atoms with Crippen molar-refractivity contribution in [3.63, 3.8) is 0 Å². The van der Waals surface area contributed by atoms with Crippen molar-refractivity contribution in [2.24, 2.45) is 0 Å². The van der Waals surface area contributed by atoms with Crippen LogP contribution in [0.1, 0.15) is 0 Å². The molecule has 0 aromatic heterocycles. The molecule has 0 atom stereocenters. The Morgan fingerprint density at radius 1 is 1.00 bits per heavy atom. The molecule has 0 rings (SSSR count). The van der Waals surface area contributed by atoms with Crippen LogP contribution < -0.4 is 10.2 Å². The van der Waals surface area contributed by atoms with Gasteiger partial charge in [-0.3, -0.25) is 0 Å². The number of carbonyl (C=O) groups is 2. The van der Waals surface area contributed by atoms with Crippen LogP contribution in [0.4, 0.5) is 18.4 Å². The van der Waals surface area contributed by atoms with E-state index < -0.39 is 12.4 Å². The van der Waals surface area contributed by atoms with Crippen LogP contribution in [0.5, 0.6) is 0 Å². The van der Waals surface area contributed by atoms with E-state index in [0.717, 1.165) is 0 Å². The number of rotatable bonds is 0. The smallest absolute Gasteiger partial charge is 0.520 e. The van der Waals surface area contributed by atoms with Crippen LogP contribution >= 0.6 is 0 Å². The summed E-state index contributed by atoms with van der Waals surface area (Å²) in [5, 5.41) is 16.4. The molecule has 0 aromatic carbocycles. The topological polar surface area (TPSA) is 80.3 Å². The van der Waals surface area contributed by atoms with Gasteiger partial charge in [-0.2, -0.15) is 8.78 Å². The van der Waals surface area contributed by atoms with Crippen molar-refractivity contribution in [3.8, 4) is 0 Å². The third kappa shape index (κ3) is 447. The van der Waals surface area contributed by atoms with E-state index in [1.807, 2.05) is 0 Å². The van der Waals surface area contributed by atoms with E-state index in [0.29, 0.717) is 0 Å². The SMILES string of the molecule is O=C([O-])F.O=C([O-])F.[Cu+2]. The molecule has 0 aliphatic heterocycles. The molecule has 9 heavy (non-hydrogen) atoms. The van der Waals surface area contributed by atoms with E-state index in [4.69, 9.17) is 19.8 Å². The van der Waals surface area contributed by atoms with Crippen molar-refractivity contribution >= 4 is 12.4 Å². The number of hydrogen-bond acceptors (Lipinski definition) is 4. The van der Waals surface area contributed by atoms with Gasteiger partial charge in [0.05, 0.1) is 0 Å². The Morgan fingerprint density at radius 3 is 1.00 bits per heavy atom. The quantitative estimate of drug-likeness (QED) is 0.347. The van der Waals surface area contributed by atoms with Gasteiger partial charge < -0.3 is 19.8 Å². The van der Waals surface area contributed by atoms with E-state index in [1.165, 1.54) is 0 Å². The third-order valence-electron chi connectivity index (χ3n) is 0. The summed E-state index contributed by atoms with van der Waals surface area (Å²) < 4.78 is 19.6. The molecule has 57 valence electrons. The predicted molar refractivity (Wildman–Crippen MR) is 13.0 cm³/mol. The maximum Gasteiger partial charge on any atom is 2.00 e. The van der Waals surface area contributed by atoms with Gasteiger partial charge in [0.25, 0.3) is 0 Å². The van der Waals surface area contributed by atoms with E-state index in [-0.39, 0.29) is 17.1 Å². The van der Waals surface area contributed by atoms with E-state index >= 15 is 0 Å². The molecular formula is C2CuF2O4. The minimum absolute atomic E-state index is 0. The first-order valence-corrected chi connectivity index (χ1v) is 1.19. The predicted octanol–water partition coefficient (Wildman–Crippen LogP) is -1.40. The zero-order chi connectivity index (χ0) is 7.15. The maximum absolute atomic E-state index is 9.81. The molecule has 0 spiro atoms. The van der Waals surface area contributed by atoms with Crippen LogP contribution in [0.15, 0.2) is 0 Å². The molecule has 0 bridgehead atoms. The van der Waals surface area contributed by atoms with Crippen LogP contribution in [-0.4, -0.2) is 12.4 Å². The molecule has 0 saturated heterocycles. The average Bonchev–Trinajstić information content (AvgIpc) is 1.25. The molecule has 0 fully saturated rings. The van der Waals surface area contributed by atoms with E-state index in [1.54, 1.807) is 0 Å². The molecule has 4 nitrogen and oxygen atoms in total. The van der Waals surface area contributed by atoms with Crippen molar-refractivity contribution in [1.29, 1.82) is 0 Å². The first kappa shape index (κ1) is 15.8. The summed E-state index contributed by atoms with van der Waals surface area (Å²) in [5.74, 6) is 0. The second kappa shape index (κ2) is 10.3. The molecule has 0 N–H and O–H groups in total. The summed E-state index contributed by atoms with van der Waals surface area (Å²) >= 11 is 0. The molecule has 0 amide bonds. The molecule has 0 aromatic rings. The van der Waals surface area contributed by atoms with Crippen LogP contribution in [0, 0.1) is 0 Å². The molecule has 0 heterocycles. The minimum Gasteiger partial charge on any atom is -0.520 e. The Bertz CT molecular complexity index is 74.6. The normalized spacial score (nSPS) is 5.56. The fourth-order valence-corrected chi connectivity index (χ4v) is 0. The summed E-state index contributed by atoms with van der Waals surface area (Å²) in [4.78, 5) is 16.4. The molecular weight excluding hydrogens is 190 g/mol. The van der Waals surface area contributed by atoms with Crippen LogP contribution in [0.3, 0.4) is 0 Å². The van der Waals surface area contributed by atoms with Gasteiger partial charge in [0.1, 0.15) is 0 Å². The summed E-state index contributed by atoms with van der Waals surface area (Å²) in [5.41, 5.74) is 0. The fraction of sp³-hybridized carbons (Fsp3) is 0. The zero-order valence-electron chi connectivity index (χ0n) is 3.69. The molecule has 1 radical (unpaired) electrons. The van der Waals surface area contributed by atoms with Crippen molar-refractivity contribution in [1.82, 2.24) is 0 Å². The van der Waals surface area contributed by atoms with Crippen molar-refractivity contribution in [2.75, 3.05) is 0 Å². The standard InChI is InChI=1S/2CHFO2.Cu/c2*2-1(3)4;/h2*(H,3,4);/q;;+2/p-2. The largest absolute Gasteiger partial charge is 2.00 e. The van der Waals surface area contributed by atoms with Crippen molar-refractivity contribution < 1.29 is 45.7 Å². The van der Waals surface area contributed by atoms with E-state index in [2.05, 4.69) is 0 Å². The van der Waals surface area contributed by atoms with Crippen molar-refractivity contribution in [3.05, 3.63) is 0 Å². The van der Waals surface area contributed by atoms with Crippen LogP contribution in [0.25, 0.3) is 0 Å². The third-order valence-corrected chi connectivity index (χ3v) is 0. The average molecular weight is 190 g/mol. The Hall–Kier alpha value is -0.681. The van der Waals surface area contributed by atoms with Gasteiger partial charge in [-0.1, -0.05) is 0 Å². The van der Waals surface area contributed by atoms with E-state index in [9.17, 15) is 8.78 Å². The first-order chi connectivity index (χ1) is 3.46. The number of carbonyl (C=O) groups excluding carboxylic acids is 2. The summed E-state index contributed by atoms with van der Waals surface area (Å²) in [7, 11) is 0. The van der Waals surface area contributed by atoms with Crippen LogP contribution in [-0.2, 0) is 17.1 Å². The molecule has 0 saturated carbocycles. The summed E-state index contributed by atoms with van der Waals surface area (Å²) in [6.45, 7) is 0. The molecule has 0 aliphatic rings. The maximum atomic E-state index is 9.81. The monoisotopic (exact) mass is 189 g/mol. The van der Waals surface area contributed by atoms with Gasteiger partial charge in [0.15, 0.2) is 0 Å². The number of halogens is 2. The Kier molecular flexibility index (Phi) is 18.1. The Labute approximate surface area is 58.9 Å². The van der Waals surface area contributed by atoms with Crippen molar-refractivity contribution in [2.45, 2.75) is 0 Å². The minimum atomic E-state index is -2.58.